The van der Waals surface area contributed by atoms with Gasteiger partial charge in [-0.2, -0.15) is 0 Å². The van der Waals surface area contributed by atoms with E-state index in [1.54, 1.807) is 0 Å². The van der Waals surface area contributed by atoms with Crippen LogP contribution < -0.4 is 5.32 Å². The summed E-state index contributed by atoms with van der Waals surface area (Å²) in [5, 5.41) is 4.00. The fraction of sp³-hybridized carbons (Fsp3) is 0.321. The van der Waals surface area contributed by atoms with E-state index in [0.29, 0.717) is 29.6 Å². The van der Waals surface area contributed by atoms with Gasteiger partial charge >= 0.3 is 0 Å². The maximum Gasteiger partial charge on any atom is 0.252 e. The fourth-order valence-corrected chi connectivity index (χ4v) is 5.53. The molecule has 2 aromatic carbocycles. The van der Waals surface area contributed by atoms with E-state index in [9.17, 15) is 4.79 Å². The van der Waals surface area contributed by atoms with Gasteiger partial charge < -0.3 is 10.2 Å². The Labute approximate surface area is 205 Å². The van der Waals surface area contributed by atoms with E-state index in [1.807, 2.05) is 43.7 Å². The van der Waals surface area contributed by atoms with Crippen LogP contribution in [0.25, 0.3) is 16.2 Å². The molecule has 2 aliphatic carbocycles. The molecule has 6 heteroatoms. The molecule has 3 aromatic rings. The molecule has 174 valence electrons. The minimum Gasteiger partial charge on any atom is -0.332 e. The Kier molecular flexibility index (Phi) is 6.75. The first-order chi connectivity index (χ1) is 16.6. The lowest BCUT2D eigenvalue weighted by molar-refractivity contribution is -0.130. The summed E-state index contributed by atoms with van der Waals surface area (Å²) in [4.78, 5) is 24.3. The Morgan fingerprint density at radius 1 is 1.03 bits per heavy atom. The molecule has 1 N–H and O–H groups in total. The lowest BCUT2D eigenvalue weighted by Crippen LogP contribution is -2.45. The van der Waals surface area contributed by atoms with E-state index in [2.05, 4.69) is 44.5 Å². The topological polar surface area (TPSA) is 58.1 Å². The standard InChI is InChI=1S/C28H29ClN4O/c1-30-23-9-11-24(12-10-23)33(28(34)26-14-21-6-2-3-8-25(21)27(26)29)17-19-5-4-7-20(13-19)22-15-31-18-32-16-22/h2-8,13,15-16,18,23-24,30H,9-12,14,17H2,1H3/t23-,24-. The van der Waals surface area contributed by atoms with Crippen LogP contribution in [0.4, 0.5) is 0 Å². The van der Waals surface area contributed by atoms with Gasteiger partial charge in [0.15, 0.2) is 0 Å². The third kappa shape index (κ3) is 4.63. The molecule has 0 atom stereocenters. The molecule has 1 amide bonds. The minimum atomic E-state index is 0.0579. The summed E-state index contributed by atoms with van der Waals surface area (Å²) in [5.41, 5.74) is 5.94. The third-order valence-electron chi connectivity index (χ3n) is 7.12. The summed E-state index contributed by atoms with van der Waals surface area (Å²) in [6.07, 6.45) is 9.87. The van der Waals surface area contributed by atoms with Gasteiger partial charge in [-0.05, 0) is 61.1 Å². The molecule has 0 aliphatic heterocycles. The number of hydrogen-bond donors (Lipinski definition) is 1. The zero-order valence-electron chi connectivity index (χ0n) is 19.4. The number of nitrogens with one attached hydrogen (secondary N) is 1. The molecule has 2 aliphatic rings. The van der Waals surface area contributed by atoms with Gasteiger partial charge in [0, 0.05) is 48.6 Å². The molecule has 0 saturated heterocycles. The van der Waals surface area contributed by atoms with Crippen molar-refractivity contribution in [2.24, 2.45) is 0 Å². The van der Waals surface area contributed by atoms with Crippen molar-refractivity contribution in [2.45, 2.75) is 50.7 Å². The number of nitrogens with zero attached hydrogens (tertiary/aromatic N) is 3. The van der Waals surface area contributed by atoms with E-state index in [0.717, 1.165) is 53.5 Å². The van der Waals surface area contributed by atoms with Crippen molar-refractivity contribution in [3.8, 4) is 11.1 Å². The highest BCUT2D eigenvalue weighted by molar-refractivity contribution is 6.51. The SMILES string of the molecule is CN[C@H]1CC[C@H](N(Cc2cccc(-c3cncnc3)c2)C(=O)C2=C(Cl)c3ccccc3C2)CC1. The van der Waals surface area contributed by atoms with Crippen LogP contribution >= 0.6 is 11.6 Å². The molecule has 1 heterocycles. The van der Waals surface area contributed by atoms with Gasteiger partial charge in [0.25, 0.3) is 5.91 Å². The van der Waals surface area contributed by atoms with Gasteiger partial charge in [0.2, 0.25) is 0 Å². The number of hydrogen-bond acceptors (Lipinski definition) is 4. The Morgan fingerprint density at radius 2 is 1.79 bits per heavy atom. The molecule has 1 saturated carbocycles. The van der Waals surface area contributed by atoms with Crippen molar-refractivity contribution in [1.29, 1.82) is 0 Å². The van der Waals surface area contributed by atoms with Crippen molar-refractivity contribution in [1.82, 2.24) is 20.2 Å². The second kappa shape index (κ2) is 10.1. The van der Waals surface area contributed by atoms with Crippen molar-refractivity contribution in [3.05, 3.63) is 89.5 Å². The van der Waals surface area contributed by atoms with Gasteiger partial charge in [-0.15, -0.1) is 0 Å². The zero-order chi connectivity index (χ0) is 23.5. The molecule has 0 unspecified atom stereocenters. The summed E-state index contributed by atoms with van der Waals surface area (Å²) in [6.45, 7) is 0.555. The van der Waals surface area contributed by atoms with E-state index in [-0.39, 0.29) is 11.9 Å². The molecule has 0 radical (unpaired) electrons. The third-order valence-corrected chi connectivity index (χ3v) is 7.56. The summed E-state index contributed by atoms with van der Waals surface area (Å²) >= 11 is 6.75. The molecular weight excluding hydrogens is 444 g/mol. The highest BCUT2D eigenvalue weighted by Gasteiger charge is 2.33. The summed E-state index contributed by atoms with van der Waals surface area (Å²) < 4.78 is 0. The number of fused-ring (bicyclic) bond motifs is 1. The normalized spacial score (nSPS) is 19.7. The van der Waals surface area contributed by atoms with Crippen LogP contribution in [-0.4, -0.2) is 39.9 Å². The molecule has 0 spiro atoms. The highest BCUT2D eigenvalue weighted by Crippen LogP contribution is 2.37. The predicted molar refractivity (Wildman–Crippen MR) is 136 cm³/mol. The lowest BCUT2D eigenvalue weighted by Gasteiger charge is -2.37. The van der Waals surface area contributed by atoms with Crippen LogP contribution in [0.1, 0.15) is 42.4 Å². The van der Waals surface area contributed by atoms with Crippen LogP contribution in [-0.2, 0) is 17.8 Å². The predicted octanol–water partition coefficient (Wildman–Crippen LogP) is 5.21. The van der Waals surface area contributed by atoms with Crippen LogP contribution in [0.2, 0.25) is 0 Å². The maximum absolute atomic E-state index is 14.0. The number of carbonyl (C=O) groups is 1. The second-order valence-electron chi connectivity index (χ2n) is 9.18. The summed E-state index contributed by atoms with van der Waals surface area (Å²) in [6, 6.07) is 17.1. The number of amides is 1. The molecule has 1 fully saturated rings. The molecule has 34 heavy (non-hydrogen) atoms. The molecule has 0 bridgehead atoms. The maximum atomic E-state index is 14.0. The van der Waals surface area contributed by atoms with Crippen molar-refractivity contribution < 1.29 is 4.79 Å². The first-order valence-electron chi connectivity index (χ1n) is 11.9. The number of halogens is 1. The summed E-state index contributed by atoms with van der Waals surface area (Å²) in [5.74, 6) is 0.0579. The van der Waals surface area contributed by atoms with Crippen LogP contribution in [0, 0.1) is 0 Å². The van der Waals surface area contributed by atoms with Crippen molar-refractivity contribution >= 4 is 22.5 Å². The number of aromatic nitrogens is 2. The monoisotopic (exact) mass is 472 g/mol. The molecule has 5 rings (SSSR count). The number of carbonyl (C=O) groups excluding carboxylic acids is 1. The highest BCUT2D eigenvalue weighted by atomic mass is 35.5. The quantitative estimate of drug-likeness (QED) is 0.535. The van der Waals surface area contributed by atoms with Gasteiger partial charge in [-0.3, -0.25) is 4.79 Å². The smallest absolute Gasteiger partial charge is 0.252 e. The molecular formula is C28H29ClN4O. The van der Waals surface area contributed by atoms with Crippen molar-refractivity contribution in [2.75, 3.05) is 7.05 Å². The van der Waals surface area contributed by atoms with Gasteiger partial charge in [-0.25, -0.2) is 9.97 Å². The number of rotatable bonds is 6. The van der Waals surface area contributed by atoms with E-state index in [1.165, 1.54) is 6.33 Å². The Balaban J connectivity index is 1.44. The Morgan fingerprint density at radius 3 is 2.53 bits per heavy atom. The summed E-state index contributed by atoms with van der Waals surface area (Å²) in [7, 11) is 2.02. The first-order valence-corrected chi connectivity index (χ1v) is 12.3. The van der Waals surface area contributed by atoms with E-state index >= 15 is 0 Å². The van der Waals surface area contributed by atoms with E-state index < -0.39 is 0 Å². The second-order valence-corrected chi connectivity index (χ2v) is 9.56. The van der Waals surface area contributed by atoms with Crippen LogP contribution in [0.5, 0.6) is 0 Å². The van der Waals surface area contributed by atoms with Gasteiger partial charge in [0.05, 0.1) is 5.03 Å². The lowest BCUT2D eigenvalue weighted by atomic mass is 9.89. The van der Waals surface area contributed by atoms with Crippen LogP contribution in [0.15, 0.2) is 72.8 Å². The zero-order valence-corrected chi connectivity index (χ0v) is 20.1. The van der Waals surface area contributed by atoms with E-state index in [4.69, 9.17) is 11.6 Å². The van der Waals surface area contributed by atoms with Crippen molar-refractivity contribution in [3.63, 3.8) is 0 Å². The Hall–Kier alpha value is -3.02. The largest absolute Gasteiger partial charge is 0.332 e. The molecule has 5 nitrogen and oxygen atoms in total. The minimum absolute atomic E-state index is 0.0579. The van der Waals surface area contributed by atoms with Crippen LogP contribution in [0.3, 0.4) is 0 Å². The fourth-order valence-electron chi connectivity index (χ4n) is 5.20. The number of benzene rings is 2. The Bertz CT molecular complexity index is 1200. The van der Waals surface area contributed by atoms with Gasteiger partial charge in [0.1, 0.15) is 6.33 Å². The van der Waals surface area contributed by atoms with Gasteiger partial charge in [-0.1, -0.05) is 54.1 Å². The molecule has 1 aromatic heterocycles. The average molecular weight is 473 g/mol. The average Bonchev–Trinajstić information content (AvgIpc) is 3.24. The first kappa shape index (κ1) is 22.8.